The fraction of sp³-hybridized carbons (Fsp3) is 0.462. The van der Waals surface area contributed by atoms with Gasteiger partial charge in [-0.05, 0) is 43.0 Å². The summed E-state index contributed by atoms with van der Waals surface area (Å²) in [5.74, 6) is 0.302. The highest BCUT2D eigenvalue weighted by atomic mass is 35.5. The number of rotatable bonds is 3. The van der Waals surface area contributed by atoms with Crippen LogP contribution in [0.1, 0.15) is 12.0 Å². The van der Waals surface area contributed by atoms with Crippen LogP contribution in [-0.4, -0.2) is 25.7 Å². The molecule has 1 aliphatic rings. The first-order valence-corrected chi connectivity index (χ1v) is 6.12. The molecule has 0 saturated carbocycles. The molecule has 3 nitrogen and oxygen atoms in total. The number of esters is 1. The first-order valence-electron chi connectivity index (χ1n) is 5.74. The van der Waals surface area contributed by atoms with Crippen molar-refractivity contribution in [1.29, 1.82) is 0 Å². The minimum absolute atomic E-state index is 0.149. The maximum Gasteiger partial charge on any atom is 0.322 e. The lowest BCUT2D eigenvalue weighted by atomic mass is 9.97. The van der Waals surface area contributed by atoms with Crippen molar-refractivity contribution in [3.63, 3.8) is 0 Å². The van der Waals surface area contributed by atoms with Crippen LogP contribution in [0, 0.1) is 5.92 Å². The van der Waals surface area contributed by atoms with E-state index in [0.29, 0.717) is 5.92 Å². The Balaban J connectivity index is 1.92. The van der Waals surface area contributed by atoms with E-state index < -0.39 is 0 Å². The first-order chi connectivity index (χ1) is 8.19. The molecule has 17 heavy (non-hydrogen) atoms. The number of halogens is 1. The van der Waals surface area contributed by atoms with Crippen molar-refractivity contribution in [2.75, 3.05) is 13.7 Å². The molecule has 1 aromatic rings. The Morgan fingerprint density at radius 3 is 3.12 bits per heavy atom. The molecule has 0 aromatic heterocycles. The molecule has 0 amide bonds. The quantitative estimate of drug-likeness (QED) is 0.838. The Labute approximate surface area is 106 Å². The van der Waals surface area contributed by atoms with Gasteiger partial charge >= 0.3 is 5.97 Å². The molecule has 0 spiro atoms. The van der Waals surface area contributed by atoms with Crippen LogP contribution in [0.4, 0.5) is 0 Å². The predicted molar refractivity (Wildman–Crippen MR) is 67.1 cm³/mol. The number of ether oxygens (including phenoxy) is 1. The van der Waals surface area contributed by atoms with Crippen LogP contribution in [0.3, 0.4) is 0 Å². The fourth-order valence-electron chi connectivity index (χ4n) is 2.28. The summed E-state index contributed by atoms with van der Waals surface area (Å²) in [4.78, 5) is 11.4. The molecule has 2 atom stereocenters. The zero-order valence-corrected chi connectivity index (χ0v) is 10.5. The molecule has 1 aliphatic heterocycles. The van der Waals surface area contributed by atoms with Gasteiger partial charge in [0.2, 0.25) is 0 Å². The molecule has 4 heteroatoms. The number of benzene rings is 1. The Hall–Kier alpha value is -1.06. The van der Waals surface area contributed by atoms with Crippen molar-refractivity contribution in [2.45, 2.75) is 18.9 Å². The lowest BCUT2D eigenvalue weighted by Crippen LogP contribution is -2.31. The van der Waals surface area contributed by atoms with Crippen LogP contribution < -0.4 is 5.32 Å². The molecular weight excluding hydrogens is 238 g/mol. The summed E-state index contributed by atoms with van der Waals surface area (Å²) >= 11 is 5.94. The van der Waals surface area contributed by atoms with Crippen LogP contribution in [0.2, 0.25) is 5.02 Å². The van der Waals surface area contributed by atoms with Crippen LogP contribution in [-0.2, 0) is 16.0 Å². The summed E-state index contributed by atoms with van der Waals surface area (Å²) in [6.07, 6.45) is 1.78. The van der Waals surface area contributed by atoms with Crippen molar-refractivity contribution in [3.05, 3.63) is 34.9 Å². The monoisotopic (exact) mass is 253 g/mol. The van der Waals surface area contributed by atoms with Gasteiger partial charge in [0.05, 0.1) is 7.11 Å². The summed E-state index contributed by atoms with van der Waals surface area (Å²) in [5.41, 5.74) is 1.22. The number of carbonyl (C=O) groups is 1. The van der Waals surface area contributed by atoms with Crippen LogP contribution >= 0.6 is 11.6 Å². The highest BCUT2D eigenvalue weighted by Crippen LogP contribution is 2.21. The second-order valence-electron chi connectivity index (χ2n) is 4.42. The van der Waals surface area contributed by atoms with Gasteiger partial charge in [-0.1, -0.05) is 23.7 Å². The Kier molecular flexibility index (Phi) is 4.02. The minimum Gasteiger partial charge on any atom is -0.468 e. The van der Waals surface area contributed by atoms with Crippen molar-refractivity contribution < 1.29 is 9.53 Å². The van der Waals surface area contributed by atoms with E-state index in [4.69, 9.17) is 16.3 Å². The SMILES string of the molecule is COC(=O)C1CC(Cc2cccc(Cl)c2)CN1. The third kappa shape index (κ3) is 3.20. The van der Waals surface area contributed by atoms with E-state index in [1.54, 1.807) is 0 Å². The predicted octanol–water partition coefficient (Wildman–Crippen LogP) is 2.03. The Bertz CT molecular complexity index is 408. The van der Waals surface area contributed by atoms with Gasteiger partial charge in [-0.3, -0.25) is 4.79 Å². The van der Waals surface area contributed by atoms with Crippen LogP contribution in [0.25, 0.3) is 0 Å². The molecule has 0 radical (unpaired) electrons. The zero-order valence-electron chi connectivity index (χ0n) is 9.78. The topological polar surface area (TPSA) is 38.3 Å². The van der Waals surface area contributed by atoms with Crippen molar-refractivity contribution in [2.24, 2.45) is 5.92 Å². The molecular formula is C13H16ClNO2. The van der Waals surface area contributed by atoms with Gasteiger partial charge in [0.1, 0.15) is 6.04 Å². The zero-order chi connectivity index (χ0) is 12.3. The molecule has 1 fully saturated rings. The maximum absolute atomic E-state index is 11.4. The average Bonchev–Trinajstić information content (AvgIpc) is 2.76. The Morgan fingerprint density at radius 2 is 2.41 bits per heavy atom. The second kappa shape index (κ2) is 5.52. The van der Waals surface area contributed by atoms with Crippen molar-refractivity contribution in [3.8, 4) is 0 Å². The average molecular weight is 254 g/mol. The molecule has 2 rings (SSSR count). The van der Waals surface area contributed by atoms with Gasteiger partial charge in [-0.2, -0.15) is 0 Å². The van der Waals surface area contributed by atoms with E-state index in [2.05, 4.69) is 11.4 Å². The minimum atomic E-state index is -0.168. The molecule has 2 unspecified atom stereocenters. The smallest absolute Gasteiger partial charge is 0.322 e. The van der Waals surface area contributed by atoms with Gasteiger partial charge in [0.15, 0.2) is 0 Å². The normalized spacial score (nSPS) is 23.6. The summed E-state index contributed by atoms with van der Waals surface area (Å²) < 4.78 is 4.73. The lowest BCUT2D eigenvalue weighted by Gasteiger charge is -2.09. The van der Waals surface area contributed by atoms with E-state index in [-0.39, 0.29) is 12.0 Å². The van der Waals surface area contributed by atoms with E-state index >= 15 is 0 Å². The first kappa shape index (κ1) is 12.4. The highest BCUT2D eigenvalue weighted by Gasteiger charge is 2.29. The number of hydrogen-bond acceptors (Lipinski definition) is 3. The van der Waals surface area contributed by atoms with Gasteiger partial charge in [0, 0.05) is 5.02 Å². The molecule has 0 bridgehead atoms. The van der Waals surface area contributed by atoms with Crippen molar-refractivity contribution in [1.82, 2.24) is 5.32 Å². The largest absolute Gasteiger partial charge is 0.468 e. The third-order valence-corrected chi connectivity index (χ3v) is 3.36. The number of hydrogen-bond donors (Lipinski definition) is 1. The number of methoxy groups -OCH3 is 1. The number of nitrogens with one attached hydrogen (secondary N) is 1. The number of carbonyl (C=O) groups excluding carboxylic acids is 1. The maximum atomic E-state index is 11.4. The summed E-state index contributed by atoms with van der Waals surface area (Å²) in [7, 11) is 1.42. The highest BCUT2D eigenvalue weighted by molar-refractivity contribution is 6.30. The molecule has 92 valence electrons. The fourth-order valence-corrected chi connectivity index (χ4v) is 2.50. The third-order valence-electron chi connectivity index (χ3n) is 3.12. The van der Waals surface area contributed by atoms with Gasteiger partial charge in [-0.15, -0.1) is 0 Å². The lowest BCUT2D eigenvalue weighted by molar-refractivity contribution is -0.142. The molecule has 1 aromatic carbocycles. The summed E-state index contributed by atoms with van der Waals surface area (Å²) in [6.45, 7) is 0.853. The van der Waals surface area contributed by atoms with Gasteiger partial charge in [-0.25, -0.2) is 0 Å². The molecule has 1 N–H and O–H groups in total. The van der Waals surface area contributed by atoms with Crippen LogP contribution in [0.15, 0.2) is 24.3 Å². The van der Waals surface area contributed by atoms with Gasteiger partial charge < -0.3 is 10.1 Å². The standard InChI is InChI=1S/C13H16ClNO2/c1-17-13(16)12-7-10(8-15-12)5-9-3-2-4-11(14)6-9/h2-4,6,10,12,15H,5,7-8H2,1H3. The molecule has 1 heterocycles. The van der Waals surface area contributed by atoms with E-state index in [1.807, 2.05) is 18.2 Å². The van der Waals surface area contributed by atoms with Gasteiger partial charge in [0.25, 0.3) is 0 Å². The van der Waals surface area contributed by atoms with E-state index in [1.165, 1.54) is 12.7 Å². The summed E-state index contributed by atoms with van der Waals surface area (Å²) in [5, 5.41) is 3.95. The molecule has 1 saturated heterocycles. The van der Waals surface area contributed by atoms with E-state index in [0.717, 1.165) is 24.4 Å². The molecule has 0 aliphatic carbocycles. The van der Waals surface area contributed by atoms with E-state index in [9.17, 15) is 4.79 Å². The van der Waals surface area contributed by atoms with Crippen LogP contribution in [0.5, 0.6) is 0 Å². The second-order valence-corrected chi connectivity index (χ2v) is 4.86. The Morgan fingerprint density at radius 1 is 1.59 bits per heavy atom. The van der Waals surface area contributed by atoms with Crippen molar-refractivity contribution >= 4 is 17.6 Å². The summed E-state index contributed by atoms with van der Waals surface area (Å²) in [6, 6.07) is 7.72.